The lowest BCUT2D eigenvalue weighted by molar-refractivity contribution is -0.384. The van der Waals surface area contributed by atoms with Gasteiger partial charge in [0.1, 0.15) is 0 Å². The Hall–Kier alpha value is -2.32. The molecule has 8 nitrogen and oxygen atoms in total. The lowest BCUT2D eigenvalue weighted by Crippen LogP contribution is -2.18. The third kappa shape index (κ3) is 4.07. The summed E-state index contributed by atoms with van der Waals surface area (Å²) in [5.41, 5.74) is 1.67. The molecule has 1 aromatic carbocycles. The fraction of sp³-hybridized carbons (Fsp3) is 0.385. The number of aliphatic hydroxyl groups excluding tert-OH is 1. The minimum absolute atomic E-state index is 0.0142. The Morgan fingerprint density at radius 3 is 3.05 bits per heavy atom. The van der Waals surface area contributed by atoms with Gasteiger partial charge in [0.25, 0.3) is 5.69 Å². The van der Waals surface area contributed by atoms with Crippen molar-refractivity contribution in [3.05, 3.63) is 51.8 Å². The number of hydrogen-bond acceptors (Lipinski definition) is 6. The van der Waals surface area contributed by atoms with E-state index in [0.29, 0.717) is 13.1 Å². The molecule has 0 spiro atoms. The number of hydrogen-bond donors (Lipinski definition) is 2. The fourth-order valence-corrected chi connectivity index (χ4v) is 1.91. The fourth-order valence-electron chi connectivity index (χ4n) is 1.91. The molecule has 1 unspecified atom stereocenters. The molecule has 0 amide bonds. The number of non-ortho nitro benzene ring substituents is 1. The molecular formula is C13H17N5O3. The maximum absolute atomic E-state index is 10.8. The summed E-state index contributed by atoms with van der Waals surface area (Å²) in [6.07, 6.45) is 1.75. The highest BCUT2D eigenvalue weighted by Crippen LogP contribution is 2.19. The SMILES string of the molecule is CC(NCc1cn(CCO)nn1)c1cccc([N+](=O)[O-])c1. The van der Waals surface area contributed by atoms with Crippen molar-refractivity contribution in [3.8, 4) is 0 Å². The molecule has 8 heteroatoms. The molecule has 0 saturated carbocycles. The van der Waals surface area contributed by atoms with Crippen LogP contribution in [0.2, 0.25) is 0 Å². The molecule has 0 aliphatic carbocycles. The number of aliphatic hydroxyl groups is 1. The molecule has 1 heterocycles. The van der Waals surface area contributed by atoms with Crippen LogP contribution < -0.4 is 5.32 Å². The molecule has 0 radical (unpaired) electrons. The highest BCUT2D eigenvalue weighted by Gasteiger charge is 2.11. The molecule has 0 aliphatic heterocycles. The first kappa shape index (κ1) is 15.1. The Kier molecular flexibility index (Phi) is 4.96. The number of aromatic nitrogens is 3. The molecule has 112 valence electrons. The van der Waals surface area contributed by atoms with Gasteiger partial charge in [-0.2, -0.15) is 0 Å². The second-order valence-electron chi connectivity index (χ2n) is 4.65. The van der Waals surface area contributed by atoms with E-state index < -0.39 is 4.92 Å². The van der Waals surface area contributed by atoms with Crippen molar-refractivity contribution >= 4 is 5.69 Å². The average Bonchev–Trinajstić information content (AvgIpc) is 2.93. The molecule has 21 heavy (non-hydrogen) atoms. The zero-order valence-electron chi connectivity index (χ0n) is 11.6. The first-order valence-electron chi connectivity index (χ1n) is 6.57. The monoisotopic (exact) mass is 291 g/mol. The molecule has 0 bridgehead atoms. The Bertz CT molecular complexity index is 613. The zero-order valence-corrected chi connectivity index (χ0v) is 11.6. The van der Waals surface area contributed by atoms with Gasteiger partial charge in [-0.05, 0) is 12.5 Å². The number of benzene rings is 1. The number of rotatable bonds is 7. The lowest BCUT2D eigenvalue weighted by atomic mass is 10.1. The van der Waals surface area contributed by atoms with Crippen molar-refractivity contribution in [3.63, 3.8) is 0 Å². The summed E-state index contributed by atoms with van der Waals surface area (Å²) in [6.45, 7) is 2.85. The summed E-state index contributed by atoms with van der Waals surface area (Å²) >= 11 is 0. The van der Waals surface area contributed by atoms with Crippen molar-refractivity contribution in [1.82, 2.24) is 20.3 Å². The highest BCUT2D eigenvalue weighted by molar-refractivity contribution is 5.35. The number of nitrogens with one attached hydrogen (secondary N) is 1. The van der Waals surface area contributed by atoms with E-state index in [4.69, 9.17) is 5.11 Å². The van der Waals surface area contributed by atoms with Crippen molar-refractivity contribution in [2.24, 2.45) is 0 Å². The predicted octanol–water partition coefficient (Wildman–Crippen LogP) is 1.03. The molecule has 1 aromatic heterocycles. The molecule has 0 aliphatic rings. The van der Waals surface area contributed by atoms with Crippen LogP contribution in [0, 0.1) is 10.1 Å². The van der Waals surface area contributed by atoms with Crippen molar-refractivity contribution in [2.45, 2.75) is 26.1 Å². The van der Waals surface area contributed by atoms with Crippen LogP contribution in [0.25, 0.3) is 0 Å². The summed E-state index contributed by atoms with van der Waals surface area (Å²) in [5.74, 6) is 0. The van der Waals surface area contributed by atoms with Crippen LogP contribution in [0.1, 0.15) is 24.2 Å². The van der Waals surface area contributed by atoms with E-state index in [1.165, 1.54) is 6.07 Å². The van der Waals surface area contributed by atoms with Gasteiger partial charge in [-0.15, -0.1) is 5.10 Å². The van der Waals surface area contributed by atoms with E-state index in [-0.39, 0.29) is 18.3 Å². The topological polar surface area (TPSA) is 106 Å². The first-order chi connectivity index (χ1) is 10.1. The van der Waals surface area contributed by atoms with E-state index in [1.54, 1.807) is 23.0 Å². The lowest BCUT2D eigenvalue weighted by Gasteiger charge is -2.12. The second kappa shape index (κ2) is 6.91. The zero-order chi connectivity index (χ0) is 15.2. The molecular weight excluding hydrogens is 274 g/mol. The van der Waals surface area contributed by atoms with Gasteiger partial charge in [-0.1, -0.05) is 17.3 Å². The van der Waals surface area contributed by atoms with Crippen molar-refractivity contribution in [1.29, 1.82) is 0 Å². The third-order valence-corrected chi connectivity index (χ3v) is 3.09. The number of nitro benzene ring substituents is 1. The van der Waals surface area contributed by atoms with Gasteiger partial charge in [-0.3, -0.25) is 10.1 Å². The Morgan fingerprint density at radius 1 is 1.52 bits per heavy atom. The summed E-state index contributed by atoms with van der Waals surface area (Å²) in [4.78, 5) is 10.4. The maximum atomic E-state index is 10.8. The van der Waals surface area contributed by atoms with Crippen LogP contribution in [-0.2, 0) is 13.1 Å². The van der Waals surface area contributed by atoms with Gasteiger partial charge in [-0.25, -0.2) is 4.68 Å². The molecule has 1 atom stereocenters. The summed E-state index contributed by atoms with van der Waals surface area (Å²) in [5, 5.41) is 30.7. The summed E-state index contributed by atoms with van der Waals surface area (Å²) in [6, 6.07) is 6.49. The Balaban J connectivity index is 1.95. The molecule has 0 saturated heterocycles. The van der Waals surface area contributed by atoms with Crippen LogP contribution in [-0.4, -0.2) is 31.6 Å². The largest absolute Gasteiger partial charge is 0.394 e. The van der Waals surface area contributed by atoms with Crippen molar-refractivity contribution in [2.75, 3.05) is 6.61 Å². The maximum Gasteiger partial charge on any atom is 0.269 e. The molecule has 2 rings (SSSR count). The van der Waals surface area contributed by atoms with E-state index in [2.05, 4.69) is 15.6 Å². The standard InChI is InChI=1S/C13H17N5O3/c1-10(11-3-2-4-13(7-11)18(20)21)14-8-12-9-17(5-6-19)16-15-12/h2-4,7,9-10,14,19H,5-6,8H2,1H3. The van der Waals surface area contributed by atoms with Gasteiger partial charge < -0.3 is 10.4 Å². The Morgan fingerprint density at radius 2 is 2.33 bits per heavy atom. The van der Waals surface area contributed by atoms with Crippen LogP contribution in [0.3, 0.4) is 0 Å². The minimum Gasteiger partial charge on any atom is -0.394 e. The first-order valence-corrected chi connectivity index (χ1v) is 6.57. The minimum atomic E-state index is -0.406. The van der Waals surface area contributed by atoms with Crippen LogP contribution >= 0.6 is 0 Å². The van der Waals surface area contributed by atoms with E-state index >= 15 is 0 Å². The average molecular weight is 291 g/mol. The predicted molar refractivity (Wildman–Crippen MR) is 75.5 cm³/mol. The van der Waals surface area contributed by atoms with Gasteiger partial charge >= 0.3 is 0 Å². The summed E-state index contributed by atoms with van der Waals surface area (Å²) < 4.78 is 1.56. The van der Waals surface area contributed by atoms with Gasteiger partial charge in [0.15, 0.2) is 0 Å². The van der Waals surface area contributed by atoms with Gasteiger partial charge in [0.2, 0.25) is 0 Å². The molecule has 2 aromatic rings. The number of nitro groups is 1. The van der Waals surface area contributed by atoms with Crippen molar-refractivity contribution < 1.29 is 10.0 Å². The van der Waals surface area contributed by atoms with E-state index in [9.17, 15) is 10.1 Å². The quantitative estimate of drug-likeness (QED) is 0.583. The second-order valence-corrected chi connectivity index (χ2v) is 4.65. The smallest absolute Gasteiger partial charge is 0.269 e. The normalized spacial score (nSPS) is 12.3. The van der Waals surface area contributed by atoms with Crippen LogP contribution in [0.5, 0.6) is 0 Å². The Labute approximate surface area is 121 Å². The van der Waals surface area contributed by atoms with Gasteiger partial charge in [0.05, 0.1) is 23.8 Å². The van der Waals surface area contributed by atoms with Crippen LogP contribution in [0.15, 0.2) is 30.5 Å². The van der Waals surface area contributed by atoms with E-state index in [0.717, 1.165) is 11.3 Å². The summed E-state index contributed by atoms with van der Waals surface area (Å²) in [7, 11) is 0. The highest BCUT2D eigenvalue weighted by atomic mass is 16.6. The molecule has 2 N–H and O–H groups in total. The third-order valence-electron chi connectivity index (χ3n) is 3.09. The van der Waals surface area contributed by atoms with Crippen LogP contribution in [0.4, 0.5) is 5.69 Å². The number of nitrogens with zero attached hydrogens (tertiary/aromatic N) is 4. The van der Waals surface area contributed by atoms with Gasteiger partial charge in [0, 0.05) is 30.9 Å². The van der Waals surface area contributed by atoms with E-state index in [1.807, 2.05) is 13.0 Å². The molecule has 0 fully saturated rings.